The van der Waals surface area contributed by atoms with Gasteiger partial charge in [0.05, 0.1) is 25.0 Å². The summed E-state index contributed by atoms with van der Waals surface area (Å²) in [5, 5.41) is 5.01. The highest BCUT2D eigenvalue weighted by Gasteiger charge is 2.29. The van der Waals surface area contributed by atoms with Gasteiger partial charge in [-0.25, -0.2) is 9.50 Å². The molecule has 8 heteroatoms. The van der Waals surface area contributed by atoms with Gasteiger partial charge in [-0.2, -0.15) is 5.10 Å². The third-order valence-corrected chi connectivity index (χ3v) is 5.93. The molecule has 162 valence electrons. The van der Waals surface area contributed by atoms with Crippen LogP contribution in [0.2, 0.25) is 5.02 Å². The van der Waals surface area contributed by atoms with Crippen molar-refractivity contribution in [3.63, 3.8) is 0 Å². The molecule has 5 rings (SSSR count). The van der Waals surface area contributed by atoms with E-state index in [4.69, 9.17) is 21.3 Å². The van der Waals surface area contributed by atoms with Gasteiger partial charge in [-0.05, 0) is 36.2 Å². The fraction of sp³-hybridized carbons (Fsp3) is 0.250. The number of fused-ring (bicyclic) bond motifs is 1. The average Bonchev–Trinajstić information content (AvgIpc) is 3.23. The van der Waals surface area contributed by atoms with Gasteiger partial charge in [0.25, 0.3) is 5.91 Å². The Morgan fingerprint density at radius 1 is 1.19 bits per heavy atom. The molecule has 1 saturated heterocycles. The molecule has 1 atom stereocenters. The van der Waals surface area contributed by atoms with Gasteiger partial charge in [0, 0.05) is 36.1 Å². The van der Waals surface area contributed by atoms with Crippen LogP contribution in [0.4, 0.5) is 0 Å². The predicted octanol–water partition coefficient (Wildman–Crippen LogP) is 3.89. The van der Waals surface area contributed by atoms with Gasteiger partial charge in [0.2, 0.25) is 0 Å². The lowest BCUT2D eigenvalue weighted by molar-refractivity contribution is -0.0247. The maximum absolute atomic E-state index is 13.2. The van der Waals surface area contributed by atoms with Crippen molar-refractivity contribution in [1.29, 1.82) is 0 Å². The average molecular weight is 448 g/mol. The van der Waals surface area contributed by atoms with Crippen molar-refractivity contribution in [2.75, 3.05) is 19.7 Å². The Morgan fingerprint density at radius 3 is 2.94 bits per heavy atom. The van der Waals surface area contributed by atoms with Crippen LogP contribution in [0.15, 0.2) is 61.1 Å². The molecule has 0 spiro atoms. The highest BCUT2D eigenvalue weighted by molar-refractivity contribution is 6.31. The van der Waals surface area contributed by atoms with Crippen molar-refractivity contribution in [2.45, 2.75) is 19.4 Å². The van der Waals surface area contributed by atoms with E-state index in [-0.39, 0.29) is 12.0 Å². The molecule has 0 aliphatic carbocycles. The predicted molar refractivity (Wildman–Crippen MR) is 121 cm³/mol. The van der Waals surface area contributed by atoms with Crippen molar-refractivity contribution < 1.29 is 9.53 Å². The zero-order chi connectivity index (χ0) is 22.1. The molecule has 0 unspecified atom stereocenters. The van der Waals surface area contributed by atoms with Gasteiger partial charge < -0.3 is 9.64 Å². The van der Waals surface area contributed by atoms with Crippen LogP contribution < -0.4 is 0 Å². The SMILES string of the molecule is Cc1cnc2c(C(=O)N3CCO[C@H](c4cccc(Cc5ccccc5Cl)n4)C3)cnn2c1. The molecular weight excluding hydrogens is 426 g/mol. The van der Waals surface area contributed by atoms with Crippen LogP contribution in [0.3, 0.4) is 0 Å². The lowest BCUT2D eigenvalue weighted by Gasteiger charge is -2.32. The summed E-state index contributed by atoms with van der Waals surface area (Å²) in [6.45, 7) is 3.32. The fourth-order valence-corrected chi connectivity index (χ4v) is 4.12. The summed E-state index contributed by atoms with van der Waals surface area (Å²) < 4.78 is 7.61. The maximum atomic E-state index is 13.2. The standard InChI is InChI=1S/C24H22ClN5O2/c1-16-12-26-23-19(13-27-30(23)14-16)24(31)29-9-10-32-22(15-29)21-8-4-6-18(28-21)11-17-5-2-3-7-20(17)25/h2-8,12-14,22H,9-11,15H2,1H3/t22-/m0/s1. The molecule has 1 amide bonds. The van der Waals surface area contributed by atoms with Crippen molar-refractivity contribution in [3.8, 4) is 0 Å². The first-order chi connectivity index (χ1) is 15.6. The number of benzene rings is 1. The summed E-state index contributed by atoms with van der Waals surface area (Å²) in [5.74, 6) is -0.100. The maximum Gasteiger partial charge on any atom is 0.259 e. The van der Waals surface area contributed by atoms with E-state index in [1.54, 1.807) is 21.8 Å². The van der Waals surface area contributed by atoms with E-state index in [1.807, 2.05) is 55.6 Å². The summed E-state index contributed by atoms with van der Waals surface area (Å²) in [6.07, 6.45) is 5.52. The van der Waals surface area contributed by atoms with E-state index >= 15 is 0 Å². The van der Waals surface area contributed by atoms with Gasteiger partial charge in [-0.3, -0.25) is 9.78 Å². The number of amides is 1. The first-order valence-electron chi connectivity index (χ1n) is 10.5. The van der Waals surface area contributed by atoms with Crippen LogP contribution >= 0.6 is 11.6 Å². The van der Waals surface area contributed by atoms with Crippen molar-refractivity contribution >= 4 is 23.2 Å². The lowest BCUT2D eigenvalue weighted by atomic mass is 10.1. The van der Waals surface area contributed by atoms with E-state index in [0.717, 1.165) is 27.5 Å². The van der Waals surface area contributed by atoms with E-state index in [1.165, 1.54) is 0 Å². The Balaban J connectivity index is 1.35. The smallest absolute Gasteiger partial charge is 0.259 e. The van der Waals surface area contributed by atoms with Crippen molar-refractivity contribution in [3.05, 3.63) is 94.2 Å². The highest BCUT2D eigenvalue weighted by atomic mass is 35.5. The summed E-state index contributed by atoms with van der Waals surface area (Å²) in [6, 6.07) is 13.6. The van der Waals surface area contributed by atoms with E-state index in [2.05, 4.69) is 10.1 Å². The lowest BCUT2D eigenvalue weighted by Crippen LogP contribution is -2.42. The molecule has 0 N–H and O–H groups in total. The van der Waals surface area contributed by atoms with Gasteiger partial charge in [-0.1, -0.05) is 35.9 Å². The van der Waals surface area contributed by atoms with Crippen molar-refractivity contribution in [1.82, 2.24) is 24.5 Å². The second kappa shape index (κ2) is 8.68. The molecule has 0 saturated carbocycles. The normalized spacial score (nSPS) is 16.4. The Morgan fingerprint density at radius 2 is 2.06 bits per heavy atom. The van der Waals surface area contributed by atoms with Gasteiger partial charge >= 0.3 is 0 Å². The third kappa shape index (κ3) is 4.09. The largest absolute Gasteiger partial charge is 0.368 e. The summed E-state index contributed by atoms with van der Waals surface area (Å²) in [4.78, 5) is 24.2. The fourth-order valence-electron chi connectivity index (χ4n) is 3.91. The molecule has 4 aromatic rings. The molecule has 4 heterocycles. The van der Waals surface area contributed by atoms with Crippen molar-refractivity contribution in [2.24, 2.45) is 0 Å². The zero-order valence-corrected chi connectivity index (χ0v) is 18.4. The first kappa shape index (κ1) is 20.6. The van der Waals surface area contributed by atoms with Gasteiger partial charge in [0.15, 0.2) is 5.65 Å². The van der Waals surface area contributed by atoms with E-state index in [9.17, 15) is 4.79 Å². The molecule has 32 heavy (non-hydrogen) atoms. The molecule has 0 bridgehead atoms. The number of nitrogens with zero attached hydrogens (tertiary/aromatic N) is 5. The van der Waals surface area contributed by atoms with Gasteiger partial charge in [0.1, 0.15) is 11.7 Å². The third-order valence-electron chi connectivity index (χ3n) is 5.56. The first-order valence-corrected chi connectivity index (χ1v) is 10.9. The van der Waals surface area contributed by atoms with E-state index < -0.39 is 0 Å². The Hall–Kier alpha value is -3.29. The molecule has 7 nitrogen and oxygen atoms in total. The van der Waals surface area contributed by atoms with Crippen LogP contribution in [0.25, 0.3) is 5.65 Å². The number of morpholine rings is 1. The summed E-state index contributed by atoms with van der Waals surface area (Å²) in [5.41, 5.74) is 4.77. The number of rotatable bonds is 4. The molecule has 1 fully saturated rings. The topological polar surface area (TPSA) is 72.6 Å². The number of aryl methyl sites for hydroxylation is 1. The number of halogens is 1. The number of hydrogen-bond donors (Lipinski definition) is 0. The number of aromatic nitrogens is 4. The van der Waals surface area contributed by atoms with E-state index in [0.29, 0.717) is 37.3 Å². The number of carbonyl (C=O) groups excluding carboxylic acids is 1. The van der Waals surface area contributed by atoms with Crippen LogP contribution in [-0.4, -0.2) is 50.1 Å². The molecule has 0 radical (unpaired) electrons. The second-order valence-corrected chi connectivity index (χ2v) is 8.30. The van der Waals surface area contributed by atoms with Crippen LogP contribution in [0.5, 0.6) is 0 Å². The number of carbonyl (C=O) groups is 1. The summed E-state index contributed by atoms with van der Waals surface area (Å²) >= 11 is 6.31. The Bertz CT molecular complexity index is 1290. The van der Waals surface area contributed by atoms with Crippen LogP contribution in [0.1, 0.15) is 39.0 Å². The molecule has 1 aliphatic rings. The van der Waals surface area contributed by atoms with Crippen LogP contribution in [-0.2, 0) is 11.2 Å². The van der Waals surface area contributed by atoms with Crippen LogP contribution in [0, 0.1) is 6.92 Å². The molecule has 3 aromatic heterocycles. The number of hydrogen-bond acceptors (Lipinski definition) is 5. The minimum atomic E-state index is -0.295. The minimum Gasteiger partial charge on any atom is -0.368 e. The van der Waals surface area contributed by atoms with Gasteiger partial charge in [-0.15, -0.1) is 0 Å². The minimum absolute atomic E-state index is 0.100. The second-order valence-electron chi connectivity index (χ2n) is 7.89. The summed E-state index contributed by atoms with van der Waals surface area (Å²) in [7, 11) is 0. The monoisotopic (exact) mass is 447 g/mol. The quantitative estimate of drug-likeness (QED) is 0.474. The number of ether oxygens (including phenoxy) is 1. The number of pyridine rings is 1. The Kier molecular flexibility index (Phi) is 5.59. The molecular formula is C24H22ClN5O2. The molecule has 1 aliphatic heterocycles. The highest BCUT2D eigenvalue weighted by Crippen LogP contribution is 2.24. The molecule has 1 aromatic carbocycles. The zero-order valence-electron chi connectivity index (χ0n) is 17.6. The Labute approximate surface area is 190 Å².